The summed E-state index contributed by atoms with van der Waals surface area (Å²) in [6.45, 7) is 8.27. The number of hydrogen-bond donors (Lipinski definition) is 3. The van der Waals surface area contributed by atoms with Crippen LogP contribution in [-0.4, -0.2) is 31.2 Å². The van der Waals surface area contributed by atoms with Crippen LogP contribution in [0.2, 0.25) is 0 Å². The largest absolute Gasteiger partial charge is 0.382 e. The van der Waals surface area contributed by atoms with Crippen molar-refractivity contribution >= 4 is 33.1 Å². The highest BCUT2D eigenvalue weighted by Gasteiger charge is 2.16. The van der Waals surface area contributed by atoms with Crippen LogP contribution in [0.1, 0.15) is 19.4 Å². The Hall–Kier alpha value is -4.45. The maximum Gasteiger partial charge on any atom is 0.116 e. The molecule has 6 nitrogen and oxygen atoms in total. The topological polar surface area (TPSA) is 82.3 Å². The molecule has 0 fully saturated rings. The molecule has 5 aromatic rings. The van der Waals surface area contributed by atoms with Gasteiger partial charge in [-0.25, -0.2) is 0 Å². The molecule has 0 bridgehead atoms. The van der Waals surface area contributed by atoms with Crippen molar-refractivity contribution < 1.29 is 0 Å². The smallest absolute Gasteiger partial charge is 0.116 e. The van der Waals surface area contributed by atoms with Crippen molar-refractivity contribution in [1.82, 2.24) is 25.1 Å². The summed E-state index contributed by atoms with van der Waals surface area (Å²) < 4.78 is 0. The molecule has 0 aliphatic heterocycles. The second-order valence-electron chi connectivity index (χ2n) is 8.93. The van der Waals surface area contributed by atoms with Gasteiger partial charge < -0.3 is 10.3 Å². The number of anilines is 1. The van der Waals surface area contributed by atoms with E-state index in [1.165, 1.54) is 0 Å². The van der Waals surface area contributed by atoms with Crippen molar-refractivity contribution in [2.75, 3.05) is 5.32 Å². The highest BCUT2D eigenvalue weighted by molar-refractivity contribution is 6.01. The molecule has 1 aromatic carbocycles. The van der Waals surface area contributed by atoms with Gasteiger partial charge in [-0.15, -0.1) is 0 Å². The van der Waals surface area contributed by atoms with Crippen LogP contribution in [0.3, 0.4) is 0 Å². The number of fused-ring (bicyclic) bond motifs is 2. The van der Waals surface area contributed by atoms with Crippen molar-refractivity contribution in [3.8, 4) is 22.5 Å². The Morgan fingerprint density at radius 3 is 2.59 bits per heavy atom. The maximum atomic E-state index is 4.64. The lowest BCUT2D eigenvalue weighted by molar-refractivity contribution is 0.898. The van der Waals surface area contributed by atoms with Gasteiger partial charge in [-0.3, -0.25) is 15.1 Å². The molecule has 166 valence electrons. The molecule has 0 unspecified atom stereocenters. The first-order valence-electron chi connectivity index (χ1n) is 11.3. The van der Waals surface area contributed by atoms with Gasteiger partial charge in [0.05, 0.1) is 28.6 Å². The molecule has 0 atom stereocenters. The van der Waals surface area contributed by atoms with Gasteiger partial charge in [-0.05, 0) is 60.9 Å². The molecule has 6 rings (SSSR count). The zero-order valence-corrected chi connectivity index (χ0v) is 19.1. The molecule has 1 aliphatic rings. The first kappa shape index (κ1) is 20.2. The van der Waals surface area contributed by atoms with Crippen molar-refractivity contribution in [3.63, 3.8) is 0 Å². The van der Waals surface area contributed by atoms with E-state index in [1.807, 2.05) is 30.9 Å². The summed E-state index contributed by atoms with van der Waals surface area (Å²) in [6.07, 6.45) is 13.7. The summed E-state index contributed by atoms with van der Waals surface area (Å²) in [7, 11) is 0. The summed E-state index contributed by atoms with van der Waals surface area (Å²) >= 11 is 0. The van der Waals surface area contributed by atoms with Gasteiger partial charge in [-0.2, -0.15) is 5.10 Å². The van der Waals surface area contributed by atoms with E-state index >= 15 is 0 Å². The lowest BCUT2D eigenvalue weighted by Gasteiger charge is -2.11. The van der Waals surface area contributed by atoms with Gasteiger partial charge in [0.15, 0.2) is 0 Å². The number of nitrogens with one attached hydrogen (secondary N) is 3. The Balaban J connectivity index is 1.44. The Bertz CT molecular complexity index is 1630. The average molecular weight is 445 g/mol. The third kappa shape index (κ3) is 3.49. The number of benzene rings is 1. The van der Waals surface area contributed by atoms with E-state index in [2.05, 4.69) is 93.4 Å². The van der Waals surface area contributed by atoms with Gasteiger partial charge in [-0.1, -0.05) is 24.8 Å². The molecule has 0 radical (unpaired) electrons. The van der Waals surface area contributed by atoms with Crippen LogP contribution >= 0.6 is 0 Å². The third-order valence-electron chi connectivity index (χ3n) is 6.02. The Morgan fingerprint density at radius 1 is 0.882 bits per heavy atom. The zero-order valence-electron chi connectivity index (χ0n) is 19.1. The molecule has 4 aromatic heterocycles. The molecule has 0 spiro atoms. The van der Waals surface area contributed by atoms with E-state index in [0.29, 0.717) is 6.04 Å². The number of aromatic nitrogens is 5. The number of pyridine rings is 2. The fourth-order valence-electron chi connectivity index (χ4n) is 4.48. The minimum Gasteiger partial charge on any atom is -0.382 e. The van der Waals surface area contributed by atoms with Gasteiger partial charge in [0.25, 0.3) is 0 Å². The molecule has 0 amide bonds. The van der Waals surface area contributed by atoms with E-state index in [-0.39, 0.29) is 0 Å². The summed E-state index contributed by atoms with van der Waals surface area (Å²) in [6, 6.07) is 11.0. The zero-order chi connectivity index (χ0) is 23.2. The first-order valence-corrected chi connectivity index (χ1v) is 11.3. The monoisotopic (exact) mass is 444 g/mol. The first-order chi connectivity index (χ1) is 16.5. The normalized spacial score (nSPS) is 13.4. The molecule has 6 heteroatoms. The van der Waals surface area contributed by atoms with Crippen LogP contribution in [0.4, 0.5) is 5.69 Å². The summed E-state index contributed by atoms with van der Waals surface area (Å²) in [5, 5.41) is 13.4. The minimum atomic E-state index is 0.343. The summed E-state index contributed by atoms with van der Waals surface area (Å²) in [5.41, 5.74) is 10.1. The van der Waals surface area contributed by atoms with Crippen LogP contribution in [0.5, 0.6) is 0 Å². The fourth-order valence-corrected chi connectivity index (χ4v) is 4.48. The second-order valence-corrected chi connectivity index (χ2v) is 8.93. The van der Waals surface area contributed by atoms with Gasteiger partial charge >= 0.3 is 0 Å². The highest BCUT2D eigenvalue weighted by atomic mass is 15.1. The molecule has 4 heterocycles. The van der Waals surface area contributed by atoms with Crippen molar-refractivity contribution in [2.45, 2.75) is 19.9 Å². The molecule has 1 aliphatic carbocycles. The van der Waals surface area contributed by atoms with E-state index in [0.717, 1.165) is 66.7 Å². The minimum absolute atomic E-state index is 0.343. The number of hydrogen-bond acceptors (Lipinski definition) is 4. The van der Waals surface area contributed by atoms with E-state index in [1.54, 1.807) is 0 Å². The molecule has 3 N–H and O–H groups in total. The predicted octanol–water partition coefficient (Wildman–Crippen LogP) is 6.50. The quantitative estimate of drug-likeness (QED) is 0.289. The highest BCUT2D eigenvalue weighted by Crippen LogP contribution is 2.35. The van der Waals surface area contributed by atoms with Gasteiger partial charge in [0.1, 0.15) is 5.69 Å². The van der Waals surface area contributed by atoms with Crippen molar-refractivity contribution in [1.29, 1.82) is 0 Å². The van der Waals surface area contributed by atoms with Crippen LogP contribution in [0.25, 0.3) is 49.9 Å². The van der Waals surface area contributed by atoms with Crippen molar-refractivity contribution in [3.05, 3.63) is 91.1 Å². The van der Waals surface area contributed by atoms with Crippen LogP contribution in [-0.2, 0) is 0 Å². The van der Waals surface area contributed by atoms with Crippen LogP contribution in [0.15, 0.2) is 85.5 Å². The number of nitrogens with zero attached hydrogens (tertiary/aromatic N) is 3. The van der Waals surface area contributed by atoms with E-state index < -0.39 is 0 Å². The Kier molecular flexibility index (Phi) is 4.66. The van der Waals surface area contributed by atoms with Crippen molar-refractivity contribution in [2.24, 2.45) is 0 Å². The van der Waals surface area contributed by atoms with Gasteiger partial charge in [0, 0.05) is 46.5 Å². The lowest BCUT2D eigenvalue weighted by Crippen LogP contribution is -2.09. The number of aromatic amines is 2. The number of rotatable bonds is 5. The lowest BCUT2D eigenvalue weighted by atomic mass is 10.0. The number of allylic oxidation sites excluding steroid dienone is 5. The third-order valence-corrected chi connectivity index (χ3v) is 6.02. The molecule has 0 saturated heterocycles. The Morgan fingerprint density at radius 2 is 1.76 bits per heavy atom. The van der Waals surface area contributed by atoms with E-state index in [4.69, 9.17) is 0 Å². The standard InChI is InChI=1S/C28H24N6/c1-16(2)31-21-9-20(12-29-13-21)18-6-7-25-23(10-18)28(34-33-25)26-11-22-24(14-30-15-27(22)32-26)19-5-4-17(3)8-19/h4-16,31-32H,3H2,1-2H3,(H,33,34). The summed E-state index contributed by atoms with van der Waals surface area (Å²) in [4.78, 5) is 12.4. The van der Waals surface area contributed by atoms with E-state index in [9.17, 15) is 0 Å². The van der Waals surface area contributed by atoms with Gasteiger partial charge in [0.2, 0.25) is 0 Å². The molecule has 34 heavy (non-hydrogen) atoms. The second kappa shape index (κ2) is 7.85. The average Bonchev–Trinajstić information content (AvgIpc) is 3.55. The van der Waals surface area contributed by atoms with Crippen LogP contribution < -0.4 is 5.32 Å². The SMILES string of the molecule is C=C1C=CC(c2cncc3[nH]c(-c4n[nH]c5ccc(-c6cncc(NC(C)C)c6)cc45)cc23)=C1. The molecular formula is C28H24N6. The summed E-state index contributed by atoms with van der Waals surface area (Å²) in [5.74, 6) is 0. The van der Waals surface area contributed by atoms with Crippen LogP contribution in [0, 0.1) is 0 Å². The molecule has 0 saturated carbocycles. The predicted molar refractivity (Wildman–Crippen MR) is 139 cm³/mol. The number of H-pyrrole nitrogens is 2. The fraction of sp³-hybridized carbons (Fsp3) is 0.107. The Labute approximate surface area is 197 Å². The maximum absolute atomic E-state index is 4.64. The molecular weight excluding hydrogens is 420 g/mol.